The van der Waals surface area contributed by atoms with Crippen LogP contribution in [0.5, 0.6) is 0 Å². The molecule has 1 saturated heterocycles. The SMILES string of the molecule is C[N+]1([C@H]2CC[C@@H]3CCC[C@@H]2[C@@H]3O)CCCC1. The van der Waals surface area contributed by atoms with Crippen molar-refractivity contribution >= 4 is 0 Å². The predicted octanol–water partition coefficient (Wildman–Crippen LogP) is 2.17. The number of hydrogen-bond acceptors (Lipinski definition) is 1. The number of likely N-dealkylation sites (tertiary alicyclic amines) is 1. The molecular weight excluding hydrogens is 198 g/mol. The zero-order valence-electron chi connectivity index (χ0n) is 10.6. The van der Waals surface area contributed by atoms with E-state index in [1.54, 1.807) is 0 Å². The van der Waals surface area contributed by atoms with Gasteiger partial charge in [-0.2, -0.15) is 0 Å². The number of aliphatic hydroxyl groups is 1. The van der Waals surface area contributed by atoms with Crippen molar-refractivity contribution in [2.45, 2.75) is 57.1 Å². The lowest BCUT2D eigenvalue weighted by Crippen LogP contribution is -2.59. The van der Waals surface area contributed by atoms with E-state index in [0.717, 1.165) is 6.04 Å². The van der Waals surface area contributed by atoms with Gasteiger partial charge in [0.25, 0.3) is 0 Å². The summed E-state index contributed by atoms with van der Waals surface area (Å²) in [6.07, 6.45) is 9.44. The number of nitrogens with zero attached hydrogens (tertiary/aromatic N) is 1. The van der Waals surface area contributed by atoms with E-state index < -0.39 is 0 Å². The van der Waals surface area contributed by atoms with E-state index in [9.17, 15) is 5.11 Å². The maximum Gasteiger partial charge on any atom is 0.0941 e. The van der Waals surface area contributed by atoms with Gasteiger partial charge in [-0.15, -0.1) is 0 Å². The van der Waals surface area contributed by atoms with Crippen LogP contribution in [-0.4, -0.2) is 41.9 Å². The first kappa shape index (κ1) is 11.0. The molecule has 92 valence electrons. The largest absolute Gasteiger partial charge is 0.392 e. The van der Waals surface area contributed by atoms with Gasteiger partial charge >= 0.3 is 0 Å². The van der Waals surface area contributed by atoms with Crippen LogP contribution in [0.4, 0.5) is 0 Å². The highest BCUT2D eigenvalue weighted by Crippen LogP contribution is 2.44. The summed E-state index contributed by atoms with van der Waals surface area (Å²) in [4.78, 5) is 0. The Morgan fingerprint density at radius 2 is 1.69 bits per heavy atom. The van der Waals surface area contributed by atoms with Gasteiger partial charge in [-0.25, -0.2) is 0 Å². The van der Waals surface area contributed by atoms with Gasteiger partial charge in [0.05, 0.1) is 32.3 Å². The number of rotatable bonds is 1. The van der Waals surface area contributed by atoms with Crippen molar-refractivity contribution in [2.24, 2.45) is 11.8 Å². The molecule has 0 aromatic rings. The molecule has 2 nitrogen and oxygen atoms in total. The van der Waals surface area contributed by atoms with Crippen LogP contribution in [0.1, 0.15) is 44.9 Å². The van der Waals surface area contributed by atoms with Crippen LogP contribution in [0.25, 0.3) is 0 Å². The molecule has 4 atom stereocenters. The standard InChI is InChI=1S/C14H26NO/c1-15(9-2-3-10-15)13-8-7-11-5-4-6-12(13)14(11)16/h11-14,16H,2-10H2,1H3/q+1/t11-,12-,13-,14+/m0/s1. The fourth-order valence-corrected chi connectivity index (χ4v) is 4.80. The molecule has 0 unspecified atom stereocenters. The molecule has 2 aliphatic carbocycles. The van der Waals surface area contributed by atoms with Gasteiger partial charge in [0.2, 0.25) is 0 Å². The first-order valence-electron chi connectivity index (χ1n) is 7.23. The van der Waals surface area contributed by atoms with Crippen molar-refractivity contribution in [3.05, 3.63) is 0 Å². The van der Waals surface area contributed by atoms with Crippen LogP contribution in [0, 0.1) is 11.8 Å². The second-order valence-corrected chi connectivity index (χ2v) is 6.62. The van der Waals surface area contributed by atoms with Gasteiger partial charge in [0.15, 0.2) is 0 Å². The van der Waals surface area contributed by atoms with Gasteiger partial charge in [-0.05, 0) is 25.2 Å². The van der Waals surface area contributed by atoms with Crippen LogP contribution in [-0.2, 0) is 0 Å². The Balaban J connectivity index is 1.80. The van der Waals surface area contributed by atoms with Crippen LogP contribution in [0.3, 0.4) is 0 Å². The van der Waals surface area contributed by atoms with Crippen LogP contribution < -0.4 is 0 Å². The van der Waals surface area contributed by atoms with E-state index in [1.807, 2.05) is 0 Å². The lowest BCUT2D eigenvalue weighted by molar-refractivity contribution is -0.928. The minimum absolute atomic E-state index is 0.0306. The van der Waals surface area contributed by atoms with Gasteiger partial charge in [-0.1, -0.05) is 6.42 Å². The zero-order valence-corrected chi connectivity index (χ0v) is 10.6. The number of hydrogen-bond donors (Lipinski definition) is 1. The molecule has 0 aromatic carbocycles. The van der Waals surface area contributed by atoms with E-state index >= 15 is 0 Å². The van der Waals surface area contributed by atoms with Crippen molar-refractivity contribution in [2.75, 3.05) is 20.1 Å². The summed E-state index contributed by atoms with van der Waals surface area (Å²) in [6, 6.07) is 0.772. The lowest BCUT2D eigenvalue weighted by atomic mass is 9.67. The highest BCUT2D eigenvalue weighted by molar-refractivity contribution is 4.92. The maximum atomic E-state index is 10.4. The topological polar surface area (TPSA) is 20.2 Å². The summed E-state index contributed by atoms with van der Waals surface area (Å²) in [6.45, 7) is 2.72. The number of quaternary nitrogens is 1. The summed E-state index contributed by atoms with van der Waals surface area (Å²) >= 11 is 0. The minimum atomic E-state index is 0.0306. The molecule has 1 heterocycles. The molecule has 3 aliphatic rings. The molecule has 16 heavy (non-hydrogen) atoms. The Kier molecular flexibility index (Phi) is 2.75. The van der Waals surface area contributed by atoms with Gasteiger partial charge in [0.1, 0.15) is 0 Å². The van der Waals surface area contributed by atoms with Gasteiger partial charge < -0.3 is 9.59 Å². The quantitative estimate of drug-likeness (QED) is 0.677. The highest BCUT2D eigenvalue weighted by Gasteiger charge is 2.49. The molecule has 0 aromatic heterocycles. The molecule has 1 aliphatic heterocycles. The molecule has 2 saturated carbocycles. The highest BCUT2D eigenvalue weighted by atomic mass is 16.3. The monoisotopic (exact) mass is 224 g/mol. The molecule has 2 heteroatoms. The van der Waals surface area contributed by atoms with E-state index in [0.29, 0.717) is 11.8 Å². The second kappa shape index (κ2) is 3.99. The Morgan fingerprint density at radius 3 is 2.44 bits per heavy atom. The average molecular weight is 224 g/mol. The van der Waals surface area contributed by atoms with Crippen molar-refractivity contribution in [3.63, 3.8) is 0 Å². The van der Waals surface area contributed by atoms with Crippen LogP contribution in [0.2, 0.25) is 0 Å². The molecule has 0 amide bonds. The Morgan fingerprint density at radius 1 is 0.938 bits per heavy atom. The number of aliphatic hydroxyl groups excluding tert-OH is 1. The molecular formula is C14H26NO+. The van der Waals surface area contributed by atoms with Crippen molar-refractivity contribution < 1.29 is 9.59 Å². The van der Waals surface area contributed by atoms with E-state index in [-0.39, 0.29) is 6.10 Å². The average Bonchev–Trinajstić information content (AvgIpc) is 2.65. The first-order valence-corrected chi connectivity index (χ1v) is 7.23. The van der Waals surface area contributed by atoms with Crippen LogP contribution >= 0.6 is 0 Å². The van der Waals surface area contributed by atoms with Crippen LogP contribution in [0.15, 0.2) is 0 Å². The Labute approximate surface area is 99.2 Å². The van der Waals surface area contributed by atoms with E-state index in [4.69, 9.17) is 0 Å². The fourth-order valence-electron chi connectivity index (χ4n) is 4.80. The summed E-state index contributed by atoms with van der Waals surface area (Å²) in [7, 11) is 2.44. The predicted molar refractivity (Wildman–Crippen MR) is 65.0 cm³/mol. The maximum absolute atomic E-state index is 10.4. The number of fused-ring (bicyclic) bond motifs is 2. The molecule has 3 rings (SSSR count). The van der Waals surface area contributed by atoms with Gasteiger partial charge in [0, 0.05) is 25.2 Å². The summed E-state index contributed by atoms with van der Waals surface area (Å²) in [5.41, 5.74) is 0. The first-order chi connectivity index (χ1) is 7.71. The molecule has 2 bridgehead atoms. The lowest BCUT2D eigenvalue weighted by Gasteiger charge is -2.50. The Hall–Kier alpha value is -0.0800. The Bertz CT molecular complexity index is 259. The molecule has 0 spiro atoms. The molecule has 1 N–H and O–H groups in total. The van der Waals surface area contributed by atoms with E-state index in [2.05, 4.69) is 7.05 Å². The molecule has 0 radical (unpaired) electrons. The normalized spacial score (nSPS) is 46.9. The fraction of sp³-hybridized carbons (Fsp3) is 1.00. The third-order valence-corrected chi connectivity index (χ3v) is 5.75. The van der Waals surface area contributed by atoms with E-state index in [1.165, 1.54) is 62.5 Å². The van der Waals surface area contributed by atoms with Crippen molar-refractivity contribution in [1.82, 2.24) is 0 Å². The summed E-state index contributed by atoms with van der Waals surface area (Å²) in [5, 5.41) is 10.4. The zero-order chi connectivity index (χ0) is 11.2. The second-order valence-electron chi connectivity index (χ2n) is 6.62. The molecule has 3 fully saturated rings. The smallest absolute Gasteiger partial charge is 0.0941 e. The third kappa shape index (κ3) is 1.62. The van der Waals surface area contributed by atoms with Crippen molar-refractivity contribution in [3.8, 4) is 0 Å². The van der Waals surface area contributed by atoms with Gasteiger partial charge in [-0.3, -0.25) is 0 Å². The summed E-state index contributed by atoms with van der Waals surface area (Å²) < 4.78 is 1.27. The van der Waals surface area contributed by atoms with Crippen molar-refractivity contribution in [1.29, 1.82) is 0 Å². The minimum Gasteiger partial charge on any atom is -0.392 e. The third-order valence-electron chi connectivity index (χ3n) is 5.75. The summed E-state index contributed by atoms with van der Waals surface area (Å²) in [5.74, 6) is 1.26.